The lowest BCUT2D eigenvalue weighted by Crippen LogP contribution is -2.27. The minimum absolute atomic E-state index is 0.266. The van der Waals surface area contributed by atoms with E-state index in [-0.39, 0.29) is 12.7 Å². The lowest BCUT2D eigenvalue weighted by atomic mass is 10.1. The van der Waals surface area contributed by atoms with Gasteiger partial charge in [-0.2, -0.15) is 0 Å². The highest BCUT2D eigenvalue weighted by Crippen LogP contribution is 2.15. The van der Waals surface area contributed by atoms with E-state index >= 15 is 0 Å². The van der Waals surface area contributed by atoms with E-state index in [1.54, 1.807) is 0 Å². The van der Waals surface area contributed by atoms with E-state index in [2.05, 4.69) is 0 Å². The van der Waals surface area contributed by atoms with E-state index in [4.69, 9.17) is 14.6 Å². The van der Waals surface area contributed by atoms with Crippen LogP contribution in [0, 0.1) is 5.92 Å². The molecule has 0 radical (unpaired) electrons. The molecule has 2 atom stereocenters. The molecule has 0 amide bonds. The number of methoxy groups -OCH3 is 1. The Morgan fingerprint density at radius 1 is 1.70 bits per heavy atom. The van der Waals surface area contributed by atoms with E-state index in [1.165, 1.54) is 7.11 Å². The molecule has 0 saturated carbocycles. The summed E-state index contributed by atoms with van der Waals surface area (Å²) >= 11 is 0. The van der Waals surface area contributed by atoms with E-state index in [0.717, 1.165) is 0 Å². The van der Waals surface area contributed by atoms with Crippen molar-refractivity contribution in [3.8, 4) is 0 Å². The van der Waals surface area contributed by atoms with Crippen molar-refractivity contribution in [1.82, 2.24) is 0 Å². The van der Waals surface area contributed by atoms with Crippen molar-refractivity contribution in [3.05, 3.63) is 0 Å². The van der Waals surface area contributed by atoms with Crippen LogP contribution in [-0.4, -0.2) is 37.5 Å². The van der Waals surface area contributed by atoms with Crippen LogP contribution in [0.3, 0.4) is 0 Å². The molecule has 0 bridgehead atoms. The SMILES string of the molecule is CO[C@@H]1COC[C@H]1C(=O)O. The summed E-state index contributed by atoms with van der Waals surface area (Å²) in [6.07, 6.45) is -0.266. The Labute approximate surface area is 58.7 Å². The monoisotopic (exact) mass is 146 g/mol. The average molecular weight is 146 g/mol. The summed E-state index contributed by atoms with van der Waals surface area (Å²) in [6, 6.07) is 0. The van der Waals surface area contributed by atoms with Gasteiger partial charge in [0.15, 0.2) is 0 Å². The van der Waals surface area contributed by atoms with Gasteiger partial charge in [-0.25, -0.2) is 0 Å². The normalized spacial score (nSPS) is 32.5. The summed E-state index contributed by atoms with van der Waals surface area (Å²) in [5, 5.41) is 8.55. The molecule has 1 saturated heterocycles. The smallest absolute Gasteiger partial charge is 0.311 e. The number of hydrogen-bond acceptors (Lipinski definition) is 3. The summed E-state index contributed by atoms with van der Waals surface area (Å²) in [5.41, 5.74) is 0. The first-order chi connectivity index (χ1) is 4.75. The summed E-state index contributed by atoms with van der Waals surface area (Å²) in [7, 11) is 1.50. The molecule has 1 N–H and O–H groups in total. The fraction of sp³-hybridized carbons (Fsp3) is 0.833. The predicted molar refractivity (Wildman–Crippen MR) is 32.7 cm³/mol. The summed E-state index contributed by atoms with van der Waals surface area (Å²) in [6.45, 7) is 0.668. The minimum Gasteiger partial charge on any atom is -0.481 e. The van der Waals surface area contributed by atoms with E-state index in [1.807, 2.05) is 0 Å². The van der Waals surface area contributed by atoms with Gasteiger partial charge in [0.05, 0.1) is 19.3 Å². The zero-order valence-electron chi connectivity index (χ0n) is 5.74. The van der Waals surface area contributed by atoms with Crippen molar-refractivity contribution in [2.75, 3.05) is 20.3 Å². The Morgan fingerprint density at radius 3 is 2.80 bits per heavy atom. The number of carbonyl (C=O) groups is 1. The molecule has 1 aliphatic rings. The fourth-order valence-corrected chi connectivity index (χ4v) is 0.997. The first-order valence-corrected chi connectivity index (χ1v) is 3.09. The third-order valence-corrected chi connectivity index (χ3v) is 1.65. The largest absolute Gasteiger partial charge is 0.481 e. The van der Waals surface area contributed by atoms with Crippen LogP contribution in [0.4, 0.5) is 0 Å². The average Bonchev–Trinajstić information content (AvgIpc) is 2.33. The number of aliphatic carboxylic acids is 1. The molecule has 0 aromatic rings. The molecule has 58 valence electrons. The van der Waals surface area contributed by atoms with Crippen molar-refractivity contribution >= 4 is 5.97 Å². The zero-order chi connectivity index (χ0) is 7.56. The highest BCUT2D eigenvalue weighted by molar-refractivity contribution is 5.71. The Kier molecular flexibility index (Phi) is 2.24. The third kappa shape index (κ3) is 1.27. The lowest BCUT2D eigenvalue weighted by molar-refractivity contribution is -0.144. The molecule has 1 aliphatic heterocycles. The van der Waals surface area contributed by atoms with Gasteiger partial charge in [0, 0.05) is 7.11 Å². The number of ether oxygens (including phenoxy) is 2. The van der Waals surface area contributed by atoms with Crippen LogP contribution >= 0.6 is 0 Å². The highest BCUT2D eigenvalue weighted by atomic mass is 16.5. The second kappa shape index (κ2) is 2.98. The highest BCUT2D eigenvalue weighted by Gasteiger charge is 2.33. The van der Waals surface area contributed by atoms with Crippen molar-refractivity contribution in [2.45, 2.75) is 6.10 Å². The van der Waals surface area contributed by atoms with Crippen molar-refractivity contribution < 1.29 is 19.4 Å². The molecule has 1 rings (SSSR count). The van der Waals surface area contributed by atoms with Gasteiger partial charge in [-0.3, -0.25) is 4.79 Å². The molecule has 1 heterocycles. The van der Waals surface area contributed by atoms with E-state index < -0.39 is 11.9 Å². The van der Waals surface area contributed by atoms with Gasteiger partial charge in [0.2, 0.25) is 0 Å². The van der Waals surface area contributed by atoms with Crippen LogP contribution in [0.5, 0.6) is 0 Å². The Bertz CT molecular complexity index is 134. The number of rotatable bonds is 2. The lowest BCUT2D eigenvalue weighted by Gasteiger charge is -2.09. The van der Waals surface area contributed by atoms with Gasteiger partial charge in [-0.15, -0.1) is 0 Å². The topological polar surface area (TPSA) is 55.8 Å². The van der Waals surface area contributed by atoms with Gasteiger partial charge >= 0.3 is 5.97 Å². The first-order valence-electron chi connectivity index (χ1n) is 3.09. The van der Waals surface area contributed by atoms with Crippen LogP contribution in [0.25, 0.3) is 0 Å². The van der Waals surface area contributed by atoms with Crippen LogP contribution in [0.15, 0.2) is 0 Å². The number of carboxylic acid groups (broad SMARTS) is 1. The molecule has 0 aromatic heterocycles. The van der Waals surface area contributed by atoms with Gasteiger partial charge in [-0.05, 0) is 0 Å². The molecule has 10 heavy (non-hydrogen) atoms. The molecule has 0 unspecified atom stereocenters. The maximum Gasteiger partial charge on any atom is 0.311 e. The van der Waals surface area contributed by atoms with Crippen LogP contribution in [0.2, 0.25) is 0 Å². The molecule has 0 spiro atoms. The van der Waals surface area contributed by atoms with Crippen LogP contribution < -0.4 is 0 Å². The molecule has 1 fully saturated rings. The maximum absolute atomic E-state index is 10.4. The van der Waals surface area contributed by atoms with Crippen molar-refractivity contribution in [2.24, 2.45) is 5.92 Å². The van der Waals surface area contributed by atoms with Gasteiger partial charge < -0.3 is 14.6 Å². The van der Waals surface area contributed by atoms with Gasteiger partial charge in [0.25, 0.3) is 0 Å². The Balaban J connectivity index is 2.50. The van der Waals surface area contributed by atoms with Gasteiger partial charge in [0.1, 0.15) is 5.92 Å². The second-order valence-electron chi connectivity index (χ2n) is 2.26. The Hall–Kier alpha value is -0.610. The second-order valence-corrected chi connectivity index (χ2v) is 2.26. The van der Waals surface area contributed by atoms with E-state index in [9.17, 15) is 4.79 Å². The van der Waals surface area contributed by atoms with Crippen molar-refractivity contribution in [3.63, 3.8) is 0 Å². The zero-order valence-corrected chi connectivity index (χ0v) is 5.74. The summed E-state index contributed by atoms with van der Waals surface area (Å²) in [4.78, 5) is 10.4. The molecular weight excluding hydrogens is 136 g/mol. The molecule has 4 heteroatoms. The van der Waals surface area contributed by atoms with Crippen LogP contribution in [0.1, 0.15) is 0 Å². The molecule has 4 nitrogen and oxygen atoms in total. The quantitative estimate of drug-likeness (QED) is 0.582. The van der Waals surface area contributed by atoms with E-state index in [0.29, 0.717) is 6.61 Å². The summed E-state index contributed by atoms with van der Waals surface area (Å²) in [5.74, 6) is -1.32. The van der Waals surface area contributed by atoms with Crippen LogP contribution in [-0.2, 0) is 14.3 Å². The fourth-order valence-electron chi connectivity index (χ4n) is 0.997. The molecule has 0 aromatic carbocycles. The Morgan fingerprint density at radius 2 is 2.40 bits per heavy atom. The third-order valence-electron chi connectivity index (χ3n) is 1.65. The predicted octanol–water partition coefficient (Wildman–Crippen LogP) is -0.268. The molecular formula is C6H10O4. The standard InChI is InChI=1S/C6H10O4/c1-9-5-3-10-2-4(5)6(7)8/h4-5H,2-3H2,1H3,(H,7,8)/t4-,5-/m1/s1. The number of hydrogen-bond donors (Lipinski definition) is 1. The first kappa shape index (κ1) is 7.50. The van der Waals surface area contributed by atoms with Gasteiger partial charge in [-0.1, -0.05) is 0 Å². The molecule has 0 aliphatic carbocycles. The minimum atomic E-state index is -0.843. The van der Waals surface area contributed by atoms with Crippen molar-refractivity contribution in [1.29, 1.82) is 0 Å². The summed E-state index contributed by atoms with van der Waals surface area (Å²) < 4.78 is 9.80. The number of carboxylic acids is 1. The maximum atomic E-state index is 10.4.